The number of carbonyl (C=O) groups excluding carboxylic acids is 2. The van der Waals surface area contributed by atoms with Gasteiger partial charge in [-0.25, -0.2) is 4.79 Å². The molecule has 0 radical (unpaired) electrons. The third-order valence-corrected chi connectivity index (χ3v) is 3.40. The Labute approximate surface area is 135 Å². The Bertz CT molecular complexity index is 722. The summed E-state index contributed by atoms with van der Waals surface area (Å²) in [6.07, 6.45) is 6.17. The van der Waals surface area contributed by atoms with Gasteiger partial charge < -0.3 is 4.84 Å². The van der Waals surface area contributed by atoms with E-state index in [0.29, 0.717) is 16.9 Å². The van der Waals surface area contributed by atoms with Gasteiger partial charge in [-0.1, -0.05) is 49.3 Å². The zero-order chi connectivity index (χ0) is 16.8. The first-order valence-electron chi connectivity index (χ1n) is 7.44. The van der Waals surface area contributed by atoms with Gasteiger partial charge in [0.05, 0.1) is 0 Å². The Kier molecular flexibility index (Phi) is 5.41. The highest BCUT2D eigenvalue weighted by atomic mass is 16.7. The van der Waals surface area contributed by atoms with Crippen LogP contribution in [0.4, 0.5) is 0 Å². The van der Waals surface area contributed by atoms with Crippen molar-refractivity contribution in [1.29, 1.82) is 0 Å². The van der Waals surface area contributed by atoms with Crippen molar-refractivity contribution in [3.8, 4) is 0 Å². The van der Waals surface area contributed by atoms with Gasteiger partial charge in [0.2, 0.25) is 0 Å². The lowest BCUT2D eigenvalue weighted by molar-refractivity contribution is -0.137. The lowest BCUT2D eigenvalue weighted by atomic mass is 9.90. The number of allylic oxidation sites excluding steroid dienone is 4. The Balaban J connectivity index is 2.07. The molecule has 0 fully saturated rings. The maximum absolute atomic E-state index is 11.9. The highest BCUT2D eigenvalue weighted by Crippen LogP contribution is 2.19. The van der Waals surface area contributed by atoms with Gasteiger partial charge in [0, 0.05) is 11.6 Å². The first-order valence-corrected chi connectivity index (χ1v) is 7.44. The Hall–Kier alpha value is -2.75. The second kappa shape index (κ2) is 7.49. The number of hydrogen-bond donors (Lipinski definition) is 0. The highest BCUT2D eigenvalue weighted by molar-refractivity contribution is 6.21. The van der Waals surface area contributed by atoms with E-state index in [2.05, 4.69) is 5.16 Å². The lowest BCUT2D eigenvalue weighted by Gasteiger charge is -2.14. The zero-order valence-corrected chi connectivity index (χ0v) is 13.4. The third kappa shape index (κ3) is 4.61. The van der Waals surface area contributed by atoms with Crippen molar-refractivity contribution in [1.82, 2.24) is 0 Å². The molecule has 0 spiro atoms. The minimum absolute atomic E-state index is 0.0215. The quantitative estimate of drug-likeness (QED) is 0.369. The van der Waals surface area contributed by atoms with E-state index in [1.807, 2.05) is 44.2 Å². The predicted octanol–water partition coefficient (Wildman–Crippen LogP) is 3.71. The molecule has 1 aromatic rings. The summed E-state index contributed by atoms with van der Waals surface area (Å²) in [5.41, 5.74) is 2.73. The molecule has 0 unspecified atom stereocenters. The molecule has 4 nitrogen and oxygen atoms in total. The molecule has 0 aromatic heterocycles. The summed E-state index contributed by atoms with van der Waals surface area (Å²) in [7, 11) is 0. The summed E-state index contributed by atoms with van der Waals surface area (Å²) < 4.78 is 0. The highest BCUT2D eigenvalue weighted by Gasteiger charge is 2.19. The maximum atomic E-state index is 11.9. The summed E-state index contributed by atoms with van der Waals surface area (Å²) in [4.78, 5) is 28.5. The Morgan fingerprint density at radius 2 is 1.87 bits per heavy atom. The molecule has 4 heteroatoms. The molecule has 0 bridgehead atoms. The number of ketones is 1. The molecule has 0 saturated carbocycles. The minimum Gasteiger partial charge on any atom is -0.313 e. The van der Waals surface area contributed by atoms with Crippen molar-refractivity contribution in [2.45, 2.75) is 20.8 Å². The van der Waals surface area contributed by atoms with Gasteiger partial charge >= 0.3 is 5.97 Å². The van der Waals surface area contributed by atoms with Gasteiger partial charge in [-0.3, -0.25) is 4.79 Å². The fraction of sp³-hybridized carbons (Fsp3) is 0.211. The normalized spacial score (nSPS) is 16.7. The molecule has 1 aliphatic rings. The standard InChI is InChI=1S/C19H19NO3/c1-13(2)16-12-17(14(3)11-18(16)21)20-23-19(22)10-9-15-7-5-4-6-8-15/h4-13H,1-3H3. The number of hydrogen-bond acceptors (Lipinski definition) is 4. The third-order valence-electron chi connectivity index (χ3n) is 3.40. The van der Waals surface area contributed by atoms with Crippen LogP contribution in [0.5, 0.6) is 0 Å². The van der Waals surface area contributed by atoms with E-state index in [-0.39, 0.29) is 11.7 Å². The molecule has 2 rings (SSSR count). The van der Waals surface area contributed by atoms with Crippen LogP contribution in [0.3, 0.4) is 0 Å². The van der Waals surface area contributed by atoms with E-state index in [4.69, 9.17) is 4.84 Å². The van der Waals surface area contributed by atoms with Crippen LogP contribution in [-0.2, 0) is 14.4 Å². The monoisotopic (exact) mass is 309 g/mol. The summed E-state index contributed by atoms with van der Waals surface area (Å²) >= 11 is 0. The summed E-state index contributed by atoms with van der Waals surface area (Å²) in [6.45, 7) is 5.63. The lowest BCUT2D eigenvalue weighted by Crippen LogP contribution is -2.16. The van der Waals surface area contributed by atoms with E-state index >= 15 is 0 Å². The molecule has 118 valence electrons. The largest absolute Gasteiger partial charge is 0.358 e. The van der Waals surface area contributed by atoms with E-state index in [1.165, 1.54) is 12.2 Å². The average Bonchev–Trinajstić information content (AvgIpc) is 2.52. The molecule has 0 atom stereocenters. The first-order chi connectivity index (χ1) is 11.0. The van der Waals surface area contributed by atoms with Gasteiger partial charge in [-0.2, -0.15) is 0 Å². The van der Waals surface area contributed by atoms with Crippen molar-refractivity contribution in [2.24, 2.45) is 11.1 Å². The first kappa shape index (κ1) is 16.6. The molecule has 0 aliphatic heterocycles. The summed E-state index contributed by atoms with van der Waals surface area (Å²) in [5.74, 6) is -0.497. The predicted molar refractivity (Wildman–Crippen MR) is 90.7 cm³/mol. The van der Waals surface area contributed by atoms with E-state index < -0.39 is 5.97 Å². The maximum Gasteiger partial charge on any atom is 0.358 e. The molecule has 0 saturated heterocycles. The van der Waals surface area contributed by atoms with Crippen molar-refractivity contribution in [2.75, 3.05) is 0 Å². The van der Waals surface area contributed by atoms with Crippen LogP contribution in [0.25, 0.3) is 6.08 Å². The number of carbonyl (C=O) groups is 2. The van der Waals surface area contributed by atoms with E-state index in [9.17, 15) is 9.59 Å². The van der Waals surface area contributed by atoms with Gasteiger partial charge in [0.25, 0.3) is 0 Å². The van der Waals surface area contributed by atoms with E-state index in [0.717, 1.165) is 5.56 Å². The number of benzene rings is 1. The van der Waals surface area contributed by atoms with Crippen LogP contribution in [0.2, 0.25) is 0 Å². The van der Waals surface area contributed by atoms with E-state index in [1.54, 1.807) is 19.1 Å². The van der Waals surface area contributed by atoms with Crippen LogP contribution in [0.15, 0.2) is 64.9 Å². The molecular weight excluding hydrogens is 290 g/mol. The number of oxime groups is 1. The zero-order valence-electron chi connectivity index (χ0n) is 13.4. The van der Waals surface area contributed by atoms with Gasteiger partial charge in [-0.05, 0) is 42.2 Å². The van der Waals surface area contributed by atoms with Gasteiger partial charge in [-0.15, -0.1) is 0 Å². The van der Waals surface area contributed by atoms with Crippen LogP contribution < -0.4 is 0 Å². The SMILES string of the molecule is CC1=CC(=O)C(C(C)C)=CC1=NOC(=O)C=Cc1ccccc1. The van der Waals surface area contributed by atoms with Crippen LogP contribution >= 0.6 is 0 Å². The molecule has 1 aromatic carbocycles. The van der Waals surface area contributed by atoms with Crippen molar-refractivity contribution in [3.05, 3.63) is 65.3 Å². The number of rotatable bonds is 4. The average molecular weight is 309 g/mol. The minimum atomic E-state index is -0.564. The fourth-order valence-electron chi connectivity index (χ4n) is 2.09. The summed E-state index contributed by atoms with van der Waals surface area (Å²) in [6, 6.07) is 9.44. The second-order valence-corrected chi connectivity index (χ2v) is 5.58. The van der Waals surface area contributed by atoms with Crippen molar-refractivity contribution in [3.63, 3.8) is 0 Å². The molecular formula is C19H19NO3. The second-order valence-electron chi connectivity index (χ2n) is 5.58. The molecule has 0 N–H and O–H groups in total. The molecule has 23 heavy (non-hydrogen) atoms. The Morgan fingerprint density at radius 1 is 1.17 bits per heavy atom. The molecule has 0 amide bonds. The van der Waals surface area contributed by atoms with Gasteiger partial charge in [0.1, 0.15) is 5.71 Å². The molecule has 0 heterocycles. The smallest absolute Gasteiger partial charge is 0.313 e. The van der Waals surface area contributed by atoms with Gasteiger partial charge in [0.15, 0.2) is 5.78 Å². The number of nitrogens with zero attached hydrogens (tertiary/aromatic N) is 1. The van der Waals surface area contributed by atoms with Crippen LogP contribution in [-0.4, -0.2) is 17.5 Å². The van der Waals surface area contributed by atoms with Crippen LogP contribution in [0, 0.1) is 5.92 Å². The molecule has 1 aliphatic carbocycles. The van der Waals surface area contributed by atoms with Crippen molar-refractivity contribution >= 4 is 23.5 Å². The summed E-state index contributed by atoms with van der Waals surface area (Å²) in [5, 5.41) is 3.86. The fourth-order valence-corrected chi connectivity index (χ4v) is 2.09. The van der Waals surface area contributed by atoms with Crippen molar-refractivity contribution < 1.29 is 14.4 Å². The van der Waals surface area contributed by atoms with Crippen LogP contribution in [0.1, 0.15) is 26.3 Å². The topological polar surface area (TPSA) is 55.7 Å². The Morgan fingerprint density at radius 3 is 2.52 bits per heavy atom.